The molecular weight excluding hydrogens is 248 g/mol. The van der Waals surface area contributed by atoms with Crippen molar-refractivity contribution in [3.63, 3.8) is 0 Å². The lowest BCUT2D eigenvalue weighted by Crippen LogP contribution is -2.29. The number of halogens is 4. The van der Waals surface area contributed by atoms with Crippen LogP contribution in [-0.4, -0.2) is 37.8 Å². The van der Waals surface area contributed by atoms with E-state index in [1.807, 2.05) is 0 Å². The second kappa shape index (κ2) is 6.58. The topological polar surface area (TPSA) is 15.3 Å². The summed E-state index contributed by atoms with van der Waals surface area (Å²) in [6.45, 7) is 0.766. The number of benzene rings is 1. The van der Waals surface area contributed by atoms with E-state index < -0.39 is 12.6 Å². The first-order chi connectivity index (χ1) is 8.38. The van der Waals surface area contributed by atoms with Gasteiger partial charge in [0.05, 0.1) is 12.1 Å². The number of hydrogen-bond donors (Lipinski definition) is 1. The lowest BCUT2D eigenvalue weighted by molar-refractivity contribution is -0.137. The molecule has 0 aromatic heterocycles. The fraction of sp³-hybridized carbons (Fsp3) is 0.500. The average molecular weight is 264 g/mol. The van der Waals surface area contributed by atoms with Crippen LogP contribution in [0.1, 0.15) is 6.42 Å². The Labute approximate surface area is 104 Å². The van der Waals surface area contributed by atoms with Gasteiger partial charge in [-0.1, -0.05) is 12.1 Å². The van der Waals surface area contributed by atoms with E-state index in [4.69, 9.17) is 0 Å². The zero-order chi connectivity index (χ0) is 13.6. The molecule has 6 heteroatoms. The van der Waals surface area contributed by atoms with Crippen molar-refractivity contribution in [1.29, 1.82) is 0 Å². The van der Waals surface area contributed by atoms with Crippen LogP contribution in [0.5, 0.6) is 0 Å². The molecule has 102 valence electrons. The summed E-state index contributed by atoms with van der Waals surface area (Å²) in [5, 5.41) is 2.84. The lowest BCUT2D eigenvalue weighted by Gasteiger charge is -2.18. The van der Waals surface area contributed by atoms with Gasteiger partial charge in [-0.2, -0.15) is 13.2 Å². The maximum absolute atomic E-state index is 13.2. The summed E-state index contributed by atoms with van der Waals surface area (Å²) < 4.78 is 49.1. The smallest absolute Gasteiger partial charge is 0.381 e. The molecule has 2 nitrogen and oxygen atoms in total. The first kappa shape index (κ1) is 14.8. The van der Waals surface area contributed by atoms with Crippen LogP contribution in [0.3, 0.4) is 0 Å². The molecule has 1 aromatic carbocycles. The molecule has 0 aliphatic rings. The Hall–Kier alpha value is -1.30. The van der Waals surface area contributed by atoms with E-state index >= 15 is 0 Å². The van der Waals surface area contributed by atoms with Crippen LogP contribution in [-0.2, 0) is 0 Å². The van der Waals surface area contributed by atoms with Crippen molar-refractivity contribution in [3.8, 4) is 0 Å². The molecule has 0 bridgehead atoms. The Morgan fingerprint density at radius 3 is 2.44 bits per heavy atom. The minimum Gasteiger partial charge on any atom is -0.381 e. The Morgan fingerprint density at radius 2 is 1.83 bits per heavy atom. The molecule has 0 aliphatic carbocycles. The average Bonchev–Trinajstić information content (AvgIpc) is 2.28. The molecular formula is C12H16F4N2. The Balaban J connectivity index is 2.24. The highest BCUT2D eigenvalue weighted by Gasteiger charge is 2.26. The van der Waals surface area contributed by atoms with Crippen LogP contribution >= 0.6 is 0 Å². The minimum atomic E-state index is -4.13. The molecule has 0 saturated carbocycles. The van der Waals surface area contributed by atoms with Crippen LogP contribution in [0.15, 0.2) is 24.3 Å². The number of nitrogens with one attached hydrogen (secondary N) is 1. The predicted octanol–water partition coefficient (Wildman–Crippen LogP) is 3.12. The van der Waals surface area contributed by atoms with Crippen LogP contribution in [0.2, 0.25) is 0 Å². The number of anilines is 1. The number of para-hydroxylation sites is 1. The lowest BCUT2D eigenvalue weighted by atomic mass is 10.3. The third kappa shape index (κ3) is 5.86. The first-order valence-electron chi connectivity index (χ1n) is 5.62. The van der Waals surface area contributed by atoms with Gasteiger partial charge in [-0.05, 0) is 19.2 Å². The van der Waals surface area contributed by atoms with Crippen LogP contribution in [0.25, 0.3) is 0 Å². The normalized spacial score (nSPS) is 11.9. The summed E-state index contributed by atoms with van der Waals surface area (Å²) in [5.74, 6) is -0.365. The third-order valence-electron chi connectivity index (χ3n) is 2.46. The molecule has 0 radical (unpaired) electrons. The van der Waals surface area contributed by atoms with Gasteiger partial charge in [0.1, 0.15) is 5.82 Å². The molecule has 0 atom stereocenters. The van der Waals surface area contributed by atoms with E-state index in [2.05, 4.69) is 5.32 Å². The van der Waals surface area contributed by atoms with Crippen LogP contribution < -0.4 is 5.32 Å². The molecule has 0 fully saturated rings. The highest BCUT2D eigenvalue weighted by molar-refractivity contribution is 5.44. The minimum absolute atomic E-state index is 0.0531. The van der Waals surface area contributed by atoms with Gasteiger partial charge in [-0.3, -0.25) is 0 Å². The summed E-state index contributed by atoms with van der Waals surface area (Å²) in [6.07, 6.45) is -4.96. The van der Waals surface area contributed by atoms with E-state index in [0.29, 0.717) is 18.8 Å². The van der Waals surface area contributed by atoms with Gasteiger partial charge in [-0.15, -0.1) is 0 Å². The Morgan fingerprint density at radius 1 is 1.17 bits per heavy atom. The molecule has 1 rings (SSSR count). The van der Waals surface area contributed by atoms with Crippen molar-refractivity contribution in [2.24, 2.45) is 0 Å². The number of alkyl halides is 3. The summed E-state index contributed by atoms with van der Waals surface area (Å²) in [6, 6.07) is 6.19. The Bertz CT molecular complexity index is 365. The number of hydrogen-bond acceptors (Lipinski definition) is 2. The van der Waals surface area contributed by atoms with E-state index in [0.717, 1.165) is 0 Å². The number of rotatable bonds is 6. The van der Waals surface area contributed by atoms with Crippen molar-refractivity contribution in [2.75, 3.05) is 32.0 Å². The zero-order valence-electron chi connectivity index (χ0n) is 10.1. The SMILES string of the molecule is CN(CCNc1ccccc1F)CCC(F)(F)F. The Kier molecular flexibility index (Phi) is 5.40. The summed E-state index contributed by atoms with van der Waals surface area (Å²) >= 11 is 0. The molecule has 0 heterocycles. The van der Waals surface area contributed by atoms with Gasteiger partial charge in [0.2, 0.25) is 0 Å². The molecule has 0 saturated heterocycles. The van der Waals surface area contributed by atoms with Gasteiger partial charge >= 0.3 is 6.18 Å². The monoisotopic (exact) mass is 264 g/mol. The van der Waals surface area contributed by atoms with Gasteiger partial charge in [0.25, 0.3) is 0 Å². The van der Waals surface area contributed by atoms with Crippen molar-refractivity contribution < 1.29 is 17.6 Å². The first-order valence-corrected chi connectivity index (χ1v) is 5.62. The van der Waals surface area contributed by atoms with Gasteiger partial charge in [-0.25, -0.2) is 4.39 Å². The summed E-state index contributed by atoms with van der Waals surface area (Å²) in [4.78, 5) is 1.56. The van der Waals surface area contributed by atoms with Crippen molar-refractivity contribution >= 4 is 5.69 Å². The van der Waals surface area contributed by atoms with E-state index in [-0.39, 0.29) is 12.4 Å². The zero-order valence-corrected chi connectivity index (χ0v) is 10.1. The quantitative estimate of drug-likeness (QED) is 0.794. The molecule has 18 heavy (non-hydrogen) atoms. The number of likely N-dealkylation sites (N-methyl/N-ethyl adjacent to an activating group) is 1. The molecule has 0 amide bonds. The van der Waals surface area contributed by atoms with Crippen LogP contribution in [0, 0.1) is 5.82 Å². The van der Waals surface area contributed by atoms with Gasteiger partial charge < -0.3 is 10.2 Å². The summed E-state index contributed by atoms with van der Waals surface area (Å²) in [7, 11) is 1.61. The van der Waals surface area contributed by atoms with E-state index in [9.17, 15) is 17.6 Å². The largest absolute Gasteiger partial charge is 0.390 e. The van der Waals surface area contributed by atoms with Crippen LogP contribution in [0.4, 0.5) is 23.2 Å². The van der Waals surface area contributed by atoms with Crippen molar-refractivity contribution in [1.82, 2.24) is 4.90 Å². The van der Waals surface area contributed by atoms with Gasteiger partial charge in [0.15, 0.2) is 0 Å². The van der Waals surface area contributed by atoms with Crippen molar-refractivity contribution in [3.05, 3.63) is 30.1 Å². The summed E-state index contributed by atoms with van der Waals surface area (Å²) in [5.41, 5.74) is 0.363. The second-order valence-electron chi connectivity index (χ2n) is 4.08. The fourth-order valence-corrected chi connectivity index (χ4v) is 1.42. The maximum Gasteiger partial charge on any atom is 0.390 e. The van der Waals surface area contributed by atoms with Crippen molar-refractivity contribution in [2.45, 2.75) is 12.6 Å². The molecule has 0 spiro atoms. The molecule has 0 unspecified atom stereocenters. The van der Waals surface area contributed by atoms with E-state index in [1.165, 1.54) is 6.07 Å². The molecule has 0 aliphatic heterocycles. The highest BCUT2D eigenvalue weighted by Crippen LogP contribution is 2.19. The van der Waals surface area contributed by atoms with E-state index in [1.54, 1.807) is 30.1 Å². The highest BCUT2D eigenvalue weighted by atomic mass is 19.4. The molecule has 1 N–H and O–H groups in total. The molecule has 1 aromatic rings. The maximum atomic E-state index is 13.2. The second-order valence-corrected chi connectivity index (χ2v) is 4.08. The third-order valence-corrected chi connectivity index (χ3v) is 2.46. The predicted molar refractivity (Wildman–Crippen MR) is 63.1 cm³/mol. The fourth-order valence-electron chi connectivity index (χ4n) is 1.42. The van der Waals surface area contributed by atoms with Gasteiger partial charge in [0, 0.05) is 19.6 Å². The number of nitrogens with zero attached hydrogens (tertiary/aromatic N) is 1. The standard InChI is InChI=1S/C12H16F4N2/c1-18(8-6-12(14,15)16)9-7-17-11-5-3-2-4-10(11)13/h2-5,17H,6-9H2,1H3.